The number of hydrogen-bond acceptors (Lipinski definition) is 4. The zero-order valence-corrected chi connectivity index (χ0v) is 23.3. The molecular formula is C26H31Cl2F3N2O3S. The van der Waals surface area contributed by atoms with Crippen LogP contribution in [0.5, 0.6) is 0 Å². The Kier molecular flexibility index (Phi) is 9.39. The summed E-state index contributed by atoms with van der Waals surface area (Å²) >= 11 is 12.4. The second kappa shape index (κ2) is 11.6. The molecule has 0 saturated carbocycles. The Morgan fingerprint density at radius 3 is 2.05 bits per heavy atom. The lowest BCUT2D eigenvalue weighted by atomic mass is 9.71. The summed E-state index contributed by atoms with van der Waals surface area (Å²) in [6.07, 6.45) is -2.47. The molecule has 204 valence electrons. The van der Waals surface area contributed by atoms with Crippen LogP contribution in [-0.2, 0) is 32.8 Å². The molecule has 2 aromatic rings. The second-order valence-corrected chi connectivity index (χ2v) is 12.7. The number of piperazine rings is 1. The largest absolute Gasteiger partial charge is 0.416 e. The van der Waals surface area contributed by atoms with Crippen LogP contribution >= 0.6 is 23.2 Å². The molecule has 5 nitrogen and oxygen atoms in total. The minimum Gasteiger partial charge on any atom is -0.301 e. The summed E-state index contributed by atoms with van der Waals surface area (Å²) in [5.74, 6) is -0.529. The summed E-state index contributed by atoms with van der Waals surface area (Å²) in [5.41, 5.74) is -0.317. The van der Waals surface area contributed by atoms with Crippen LogP contribution in [0, 0.1) is 5.92 Å². The van der Waals surface area contributed by atoms with Crippen molar-refractivity contribution < 1.29 is 26.4 Å². The van der Waals surface area contributed by atoms with Gasteiger partial charge >= 0.3 is 6.18 Å². The topological polar surface area (TPSA) is 57.7 Å². The Bertz CT molecular complexity index is 1210. The molecule has 11 heteroatoms. The summed E-state index contributed by atoms with van der Waals surface area (Å²) in [5, 5.41) is 0.699. The Balaban J connectivity index is 1.79. The number of benzene rings is 2. The predicted octanol–water partition coefficient (Wildman–Crippen LogP) is 5.69. The fraction of sp³-hybridized carbons (Fsp3) is 0.500. The molecule has 3 rings (SSSR count). The van der Waals surface area contributed by atoms with E-state index in [-0.39, 0.29) is 5.78 Å². The molecule has 2 unspecified atom stereocenters. The molecule has 1 fully saturated rings. The van der Waals surface area contributed by atoms with Crippen LogP contribution < -0.4 is 0 Å². The fourth-order valence-corrected chi connectivity index (χ4v) is 5.86. The lowest BCUT2D eigenvalue weighted by molar-refractivity contribution is -0.137. The maximum absolute atomic E-state index is 13.9. The van der Waals surface area contributed by atoms with E-state index in [0.29, 0.717) is 66.7 Å². The van der Waals surface area contributed by atoms with Crippen molar-refractivity contribution >= 4 is 39.0 Å². The van der Waals surface area contributed by atoms with Gasteiger partial charge in [0.1, 0.15) is 5.78 Å². The highest BCUT2D eigenvalue weighted by atomic mass is 35.5. The van der Waals surface area contributed by atoms with Gasteiger partial charge in [0.05, 0.1) is 27.3 Å². The molecular weight excluding hydrogens is 548 g/mol. The van der Waals surface area contributed by atoms with E-state index in [1.54, 1.807) is 25.1 Å². The number of ketones is 1. The monoisotopic (exact) mass is 578 g/mol. The van der Waals surface area contributed by atoms with Crippen molar-refractivity contribution in [1.29, 1.82) is 0 Å². The van der Waals surface area contributed by atoms with Crippen LogP contribution in [0.2, 0.25) is 10.0 Å². The first-order valence-electron chi connectivity index (χ1n) is 11.9. The highest BCUT2D eigenvalue weighted by Crippen LogP contribution is 2.36. The van der Waals surface area contributed by atoms with Crippen LogP contribution in [-0.4, -0.2) is 62.4 Å². The van der Waals surface area contributed by atoms with E-state index in [2.05, 4.69) is 4.90 Å². The molecule has 2 aromatic carbocycles. The van der Waals surface area contributed by atoms with E-state index in [4.69, 9.17) is 23.2 Å². The Labute approximate surface area is 226 Å². The van der Waals surface area contributed by atoms with Gasteiger partial charge in [-0.1, -0.05) is 48.3 Å². The molecule has 0 spiro atoms. The molecule has 1 saturated heterocycles. The lowest BCUT2D eigenvalue weighted by Gasteiger charge is -2.37. The molecule has 37 heavy (non-hydrogen) atoms. The van der Waals surface area contributed by atoms with E-state index < -0.39 is 33.1 Å². The van der Waals surface area contributed by atoms with Crippen molar-refractivity contribution in [1.82, 2.24) is 9.21 Å². The zero-order chi connectivity index (χ0) is 27.6. The van der Waals surface area contributed by atoms with Gasteiger partial charge in [0.2, 0.25) is 10.0 Å². The van der Waals surface area contributed by atoms with Crippen LogP contribution in [0.15, 0.2) is 42.5 Å². The van der Waals surface area contributed by atoms with Gasteiger partial charge in [0, 0.05) is 32.1 Å². The van der Waals surface area contributed by atoms with Crippen LogP contribution in [0.3, 0.4) is 0 Å². The molecule has 1 heterocycles. The summed E-state index contributed by atoms with van der Waals surface area (Å²) in [7, 11) is -3.25. The number of hydrogen-bond donors (Lipinski definition) is 0. The van der Waals surface area contributed by atoms with E-state index in [0.717, 1.165) is 12.1 Å². The van der Waals surface area contributed by atoms with Gasteiger partial charge in [-0.15, -0.1) is 0 Å². The number of rotatable bonds is 9. The molecule has 2 atom stereocenters. The first kappa shape index (κ1) is 29.9. The van der Waals surface area contributed by atoms with E-state index in [9.17, 15) is 26.4 Å². The van der Waals surface area contributed by atoms with Gasteiger partial charge in [-0.25, -0.2) is 8.42 Å². The van der Waals surface area contributed by atoms with Crippen LogP contribution in [0.25, 0.3) is 0 Å². The Morgan fingerprint density at radius 2 is 1.54 bits per heavy atom. The molecule has 1 aliphatic rings. The molecule has 0 N–H and O–H groups in total. The maximum Gasteiger partial charge on any atom is 0.416 e. The standard InChI is InChI=1S/C26H31Cl2F3N2O3S/c1-18(16-19-4-6-20(7-5-19)26(29,30)31)24(34)25(2,21-8-9-22(27)23(28)17-21)10-11-32-12-14-33(15-13-32)37(3,35)36/h4-9,17-18H,10-16H2,1-3H3. The molecule has 0 aliphatic carbocycles. The van der Waals surface area contributed by atoms with Gasteiger partial charge < -0.3 is 4.90 Å². The maximum atomic E-state index is 13.9. The Morgan fingerprint density at radius 1 is 0.973 bits per heavy atom. The summed E-state index contributed by atoms with van der Waals surface area (Å²) in [4.78, 5) is 16.0. The molecule has 0 radical (unpaired) electrons. The summed E-state index contributed by atoms with van der Waals surface area (Å²) in [6.45, 7) is 6.08. The first-order chi connectivity index (χ1) is 17.1. The van der Waals surface area contributed by atoms with Crippen molar-refractivity contribution in [2.24, 2.45) is 5.92 Å². The number of Topliss-reactive ketones (excluding diaryl/α,β-unsaturated/α-hetero) is 1. The van der Waals surface area contributed by atoms with Gasteiger partial charge in [-0.2, -0.15) is 17.5 Å². The quantitative estimate of drug-likeness (QED) is 0.384. The third-order valence-electron chi connectivity index (χ3n) is 7.10. The van der Waals surface area contributed by atoms with E-state index in [1.807, 2.05) is 6.92 Å². The molecule has 0 bridgehead atoms. The highest BCUT2D eigenvalue weighted by Gasteiger charge is 2.39. The highest BCUT2D eigenvalue weighted by molar-refractivity contribution is 7.88. The zero-order valence-electron chi connectivity index (χ0n) is 21.0. The SMILES string of the molecule is CC(Cc1ccc(C(F)(F)F)cc1)C(=O)C(C)(CCN1CCN(S(C)(=O)=O)CC1)c1ccc(Cl)c(Cl)c1. The smallest absolute Gasteiger partial charge is 0.301 e. The first-order valence-corrected chi connectivity index (χ1v) is 14.5. The molecule has 1 aliphatic heterocycles. The van der Waals surface area contributed by atoms with Crippen molar-refractivity contribution in [3.8, 4) is 0 Å². The van der Waals surface area contributed by atoms with Gasteiger partial charge in [-0.05, 0) is 61.7 Å². The number of halogens is 5. The third-order valence-corrected chi connectivity index (χ3v) is 9.14. The third kappa shape index (κ3) is 7.47. The fourth-order valence-electron chi connectivity index (χ4n) is 4.74. The Hall–Kier alpha value is -1.65. The van der Waals surface area contributed by atoms with Crippen molar-refractivity contribution in [2.45, 2.75) is 38.3 Å². The van der Waals surface area contributed by atoms with Crippen molar-refractivity contribution in [3.05, 3.63) is 69.2 Å². The van der Waals surface area contributed by atoms with E-state index >= 15 is 0 Å². The average molecular weight is 580 g/mol. The minimum absolute atomic E-state index is 0.0550. The van der Waals surface area contributed by atoms with Gasteiger partial charge in [0.25, 0.3) is 0 Å². The summed E-state index contributed by atoms with van der Waals surface area (Å²) < 4.78 is 63.9. The number of sulfonamides is 1. The lowest BCUT2D eigenvalue weighted by Crippen LogP contribution is -2.49. The number of carbonyl (C=O) groups excluding carboxylic acids is 1. The second-order valence-electron chi connectivity index (χ2n) is 9.88. The number of alkyl halides is 3. The van der Waals surface area contributed by atoms with Crippen LogP contribution in [0.1, 0.15) is 37.0 Å². The average Bonchev–Trinajstić information content (AvgIpc) is 2.83. The number of nitrogens with zero attached hydrogens (tertiary/aromatic N) is 2. The molecule has 0 amide bonds. The van der Waals surface area contributed by atoms with Crippen LogP contribution in [0.4, 0.5) is 13.2 Å². The summed E-state index contributed by atoms with van der Waals surface area (Å²) in [6, 6.07) is 9.99. The van der Waals surface area contributed by atoms with Crippen molar-refractivity contribution in [3.63, 3.8) is 0 Å². The molecule has 0 aromatic heterocycles. The van der Waals surface area contributed by atoms with Gasteiger partial charge in [0.15, 0.2) is 0 Å². The van der Waals surface area contributed by atoms with Gasteiger partial charge in [-0.3, -0.25) is 4.79 Å². The normalized spacial score (nSPS) is 18.4. The minimum atomic E-state index is -4.42. The number of carbonyl (C=O) groups is 1. The van der Waals surface area contributed by atoms with Crippen molar-refractivity contribution in [2.75, 3.05) is 39.0 Å². The van der Waals surface area contributed by atoms with E-state index in [1.165, 1.54) is 22.7 Å². The predicted molar refractivity (Wildman–Crippen MR) is 141 cm³/mol.